The van der Waals surface area contributed by atoms with Crippen molar-refractivity contribution in [3.8, 4) is 5.75 Å². The number of anilines is 2. The molecular formula is C15H17N5O3. The molecule has 2 amide bonds. The minimum absolute atomic E-state index is 0.0708. The molecule has 1 aromatic carbocycles. The van der Waals surface area contributed by atoms with Crippen molar-refractivity contribution in [1.82, 2.24) is 14.8 Å². The molecule has 1 aliphatic heterocycles. The smallest absolute Gasteiger partial charge is 0.232 e. The van der Waals surface area contributed by atoms with E-state index in [9.17, 15) is 9.59 Å². The lowest BCUT2D eigenvalue weighted by molar-refractivity contribution is -0.125. The summed E-state index contributed by atoms with van der Waals surface area (Å²) in [5.74, 6) is 0.735. The molecule has 0 aliphatic carbocycles. The van der Waals surface area contributed by atoms with Crippen molar-refractivity contribution in [3.05, 3.63) is 30.1 Å². The van der Waals surface area contributed by atoms with E-state index in [4.69, 9.17) is 4.74 Å². The first kappa shape index (κ1) is 15.0. The third-order valence-electron chi connectivity index (χ3n) is 3.56. The fourth-order valence-corrected chi connectivity index (χ4v) is 2.47. The monoisotopic (exact) mass is 315 g/mol. The maximum absolute atomic E-state index is 12.2. The molecule has 0 bridgehead atoms. The van der Waals surface area contributed by atoms with Crippen molar-refractivity contribution >= 4 is 23.5 Å². The molecule has 1 aliphatic rings. The Morgan fingerprint density at radius 1 is 1.52 bits per heavy atom. The first-order chi connectivity index (χ1) is 11.0. The van der Waals surface area contributed by atoms with Crippen LogP contribution < -0.4 is 15.4 Å². The summed E-state index contributed by atoms with van der Waals surface area (Å²) in [7, 11) is 1.56. The maximum Gasteiger partial charge on any atom is 0.232 e. The van der Waals surface area contributed by atoms with E-state index in [1.807, 2.05) is 0 Å². The quantitative estimate of drug-likeness (QED) is 0.883. The predicted octanol–water partition coefficient (Wildman–Crippen LogP) is 1.19. The fourth-order valence-electron chi connectivity index (χ4n) is 2.47. The first-order valence-corrected chi connectivity index (χ1v) is 7.21. The maximum atomic E-state index is 12.2. The number of carbonyl (C=O) groups is 2. The molecule has 120 valence electrons. The van der Waals surface area contributed by atoms with E-state index in [0.717, 1.165) is 0 Å². The van der Waals surface area contributed by atoms with Gasteiger partial charge in [-0.15, -0.1) is 0 Å². The Bertz CT molecular complexity index is 755. The highest BCUT2D eigenvalue weighted by molar-refractivity contribution is 5.98. The summed E-state index contributed by atoms with van der Waals surface area (Å²) in [5.41, 5.74) is 0.628. The highest BCUT2D eigenvalue weighted by Crippen LogP contribution is 2.21. The number of amides is 2. The van der Waals surface area contributed by atoms with E-state index in [0.29, 0.717) is 29.8 Å². The number of aromatic nitrogens is 3. The van der Waals surface area contributed by atoms with Crippen LogP contribution in [0.2, 0.25) is 0 Å². The molecule has 0 radical (unpaired) electrons. The Kier molecular flexibility index (Phi) is 3.96. The Morgan fingerprint density at radius 2 is 2.35 bits per heavy atom. The number of carbonyl (C=O) groups excluding carboxylic acids is 2. The van der Waals surface area contributed by atoms with Crippen molar-refractivity contribution in [3.63, 3.8) is 0 Å². The van der Waals surface area contributed by atoms with Gasteiger partial charge in [-0.2, -0.15) is 10.1 Å². The van der Waals surface area contributed by atoms with Crippen molar-refractivity contribution in [2.75, 3.05) is 17.7 Å². The summed E-state index contributed by atoms with van der Waals surface area (Å²) >= 11 is 0. The topological polar surface area (TPSA) is 98.1 Å². The second kappa shape index (κ2) is 6.07. The molecular weight excluding hydrogens is 298 g/mol. The number of aryl methyl sites for hydroxylation is 1. The average Bonchev–Trinajstić information content (AvgIpc) is 2.86. The van der Waals surface area contributed by atoms with E-state index in [1.54, 1.807) is 43.0 Å². The van der Waals surface area contributed by atoms with Gasteiger partial charge in [0.2, 0.25) is 17.8 Å². The van der Waals surface area contributed by atoms with Crippen LogP contribution in [0.3, 0.4) is 0 Å². The van der Waals surface area contributed by atoms with Gasteiger partial charge >= 0.3 is 0 Å². The minimum Gasteiger partial charge on any atom is -0.497 e. The number of rotatable bonds is 4. The number of hydrogen-bond acceptors (Lipinski definition) is 5. The van der Waals surface area contributed by atoms with E-state index in [1.165, 1.54) is 0 Å². The van der Waals surface area contributed by atoms with Gasteiger partial charge in [-0.1, -0.05) is 6.07 Å². The van der Waals surface area contributed by atoms with Crippen molar-refractivity contribution in [1.29, 1.82) is 0 Å². The van der Waals surface area contributed by atoms with Crippen LogP contribution in [0, 0.1) is 12.8 Å². The molecule has 2 aromatic rings. The van der Waals surface area contributed by atoms with Crippen LogP contribution in [0.5, 0.6) is 5.75 Å². The molecule has 2 N–H and O–H groups in total. The van der Waals surface area contributed by atoms with Crippen LogP contribution in [-0.4, -0.2) is 33.7 Å². The zero-order chi connectivity index (χ0) is 16.4. The van der Waals surface area contributed by atoms with Gasteiger partial charge < -0.3 is 10.1 Å². The molecule has 0 saturated heterocycles. The van der Waals surface area contributed by atoms with E-state index in [2.05, 4.69) is 20.7 Å². The summed E-state index contributed by atoms with van der Waals surface area (Å²) in [4.78, 5) is 28.3. The van der Waals surface area contributed by atoms with Gasteiger partial charge in [0.05, 0.1) is 19.6 Å². The van der Waals surface area contributed by atoms with E-state index < -0.39 is 5.92 Å². The molecule has 8 nitrogen and oxygen atoms in total. The number of ether oxygens (including phenoxy) is 1. The molecule has 0 unspecified atom stereocenters. The van der Waals surface area contributed by atoms with Gasteiger partial charge in [0.25, 0.3) is 0 Å². The molecule has 0 spiro atoms. The third kappa shape index (κ3) is 3.31. The van der Waals surface area contributed by atoms with Crippen molar-refractivity contribution in [2.24, 2.45) is 5.92 Å². The van der Waals surface area contributed by atoms with Crippen molar-refractivity contribution in [2.45, 2.75) is 19.9 Å². The van der Waals surface area contributed by atoms with Crippen LogP contribution in [0.15, 0.2) is 24.3 Å². The lowest BCUT2D eigenvalue weighted by atomic mass is 10.0. The van der Waals surface area contributed by atoms with Gasteiger partial charge in [0.1, 0.15) is 11.6 Å². The molecule has 1 atom stereocenters. The summed E-state index contributed by atoms with van der Waals surface area (Å²) in [6.07, 6.45) is 0.0708. The third-order valence-corrected chi connectivity index (χ3v) is 3.56. The van der Waals surface area contributed by atoms with Gasteiger partial charge in [0, 0.05) is 18.2 Å². The lowest BCUT2D eigenvalue weighted by Crippen LogP contribution is -2.36. The highest BCUT2D eigenvalue weighted by atomic mass is 16.5. The van der Waals surface area contributed by atoms with E-state index >= 15 is 0 Å². The van der Waals surface area contributed by atoms with Crippen LogP contribution in [0.1, 0.15) is 12.2 Å². The SMILES string of the molecule is COc1cccc(NC(=O)C[C@@H]2Cn3nc(C)nc3NC2=O)c1. The number of benzene rings is 1. The molecule has 0 saturated carbocycles. The van der Waals surface area contributed by atoms with Crippen LogP contribution in [-0.2, 0) is 16.1 Å². The average molecular weight is 315 g/mol. The molecule has 3 rings (SSSR count). The second-order valence-corrected chi connectivity index (χ2v) is 5.34. The zero-order valence-corrected chi connectivity index (χ0v) is 12.9. The lowest BCUT2D eigenvalue weighted by Gasteiger charge is -2.21. The Labute approximate surface area is 132 Å². The summed E-state index contributed by atoms with van der Waals surface area (Å²) in [6, 6.07) is 7.06. The molecule has 8 heteroatoms. The largest absolute Gasteiger partial charge is 0.497 e. The number of nitrogens with one attached hydrogen (secondary N) is 2. The fraction of sp³-hybridized carbons (Fsp3) is 0.333. The van der Waals surface area contributed by atoms with Crippen molar-refractivity contribution < 1.29 is 14.3 Å². The van der Waals surface area contributed by atoms with Gasteiger partial charge in [-0.3, -0.25) is 14.9 Å². The predicted molar refractivity (Wildman–Crippen MR) is 83.1 cm³/mol. The van der Waals surface area contributed by atoms with Crippen LogP contribution in [0.4, 0.5) is 11.6 Å². The Balaban J connectivity index is 1.64. The second-order valence-electron chi connectivity index (χ2n) is 5.34. The Hall–Kier alpha value is -2.90. The highest BCUT2D eigenvalue weighted by Gasteiger charge is 2.29. The zero-order valence-electron chi connectivity index (χ0n) is 12.9. The summed E-state index contributed by atoms with van der Waals surface area (Å²) in [6.45, 7) is 2.09. The Morgan fingerprint density at radius 3 is 3.13 bits per heavy atom. The molecule has 2 heterocycles. The standard InChI is InChI=1S/C15H17N5O3/c1-9-16-15-18-14(22)10(8-20(15)19-9)6-13(21)17-11-4-3-5-12(7-11)23-2/h3-5,7,10H,6,8H2,1-2H3,(H,17,21)(H,16,18,19,22)/t10-/m1/s1. The van der Waals surface area contributed by atoms with Gasteiger partial charge in [0.15, 0.2) is 0 Å². The van der Waals surface area contributed by atoms with Crippen LogP contribution >= 0.6 is 0 Å². The molecule has 1 aromatic heterocycles. The number of hydrogen-bond donors (Lipinski definition) is 2. The summed E-state index contributed by atoms with van der Waals surface area (Å²) in [5, 5.41) is 9.63. The normalized spacial score (nSPS) is 16.4. The molecule has 0 fully saturated rings. The first-order valence-electron chi connectivity index (χ1n) is 7.21. The van der Waals surface area contributed by atoms with E-state index in [-0.39, 0.29) is 18.2 Å². The minimum atomic E-state index is -0.478. The summed E-state index contributed by atoms with van der Waals surface area (Å²) < 4.78 is 6.72. The van der Waals surface area contributed by atoms with Gasteiger partial charge in [-0.25, -0.2) is 4.68 Å². The number of fused-ring (bicyclic) bond motifs is 1. The number of nitrogens with zero attached hydrogens (tertiary/aromatic N) is 3. The molecule has 23 heavy (non-hydrogen) atoms. The van der Waals surface area contributed by atoms with Crippen LogP contribution in [0.25, 0.3) is 0 Å². The van der Waals surface area contributed by atoms with Gasteiger partial charge in [-0.05, 0) is 19.1 Å². The number of methoxy groups -OCH3 is 1.